The molecule has 1 aliphatic heterocycles. The van der Waals surface area contributed by atoms with Crippen LogP contribution in [0.1, 0.15) is 40.5 Å². The highest BCUT2D eigenvalue weighted by Crippen LogP contribution is 2.30. The fraction of sp³-hybridized carbons (Fsp3) is 1.00. The predicted octanol–water partition coefficient (Wildman–Crippen LogP) is 2.84. The van der Waals surface area contributed by atoms with Crippen LogP contribution >= 0.6 is 0 Å². The fourth-order valence-corrected chi connectivity index (χ4v) is 2.44. The van der Waals surface area contributed by atoms with Crippen molar-refractivity contribution in [3.63, 3.8) is 0 Å². The van der Waals surface area contributed by atoms with Gasteiger partial charge in [0.05, 0.1) is 6.10 Å². The summed E-state index contributed by atoms with van der Waals surface area (Å²) < 4.78 is 17.2. The maximum Gasteiger partial charge on any atom is 0.162 e. The topological polar surface area (TPSA) is 27.7 Å². The van der Waals surface area contributed by atoms with E-state index in [0.29, 0.717) is 18.4 Å². The maximum absolute atomic E-state index is 5.86. The van der Waals surface area contributed by atoms with Crippen molar-refractivity contribution in [1.29, 1.82) is 0 Å². The summed E-state index contributed by atoms with van der Waals surface area (Å²) in [6, 6.07) is 0. The molecule has 0 aromatic rings. The summed E-state index contributed by atoms with van der Waals surface area (Å²) in [5, 5.41) is 0. The zero-order chi connectivity index (χ0) is 12.0. The first-order chi connectivity index (χ1) is 7.70. The minimum atomic E-state index is -0.0716. The third kappa shape index (κ3) is 3.72. The Balaban J connectivity index is 2.62. The normalized spacial score (nSPS) is 28.3. The molecule has 0 radical (unpaired) electrons. The van der Waals surface area contributed by atoms with Gasteiger partial charge in [-0.15, -0.1) is 0 Å². The van der Waals surface area contributed by atoms with Gasteiger partial charge in [-0.25, -0.2) is 0 Å². The molecule has 0 bridgehead atoms. The van der Waals surface area contributed by atoms with E-state index in [1.807, 2.05) is 6.92 Å². The molecule has 0 saturated carbocycles. The molecule has 0 amide bonds. The van der Waals surface area contributed by atoms with E-state index in [0.717, 1.165) is 26.1 Å². The summed E-state index contributed by atoms with van der Waals surface area (Å²) in [6.07, 6.45) is 2.44. The minimum absolute atomic E-state index is 0.0716. The molecule has 1 saturated heterocycles. The molecule has 1 rings (SSSR count). The molecule has 0 aromatic heterocycles. The SMILES string of the molecule is CCO[C@H]1OCCC[C@H]1[C@H](OCC)C(C)C. The van der Waals surface area contributed by atoms with Crippen molar-refractivity contribution in [3.05, 3.63) is 0 Å². The Morgan fingerprint density at radius 3 is 2.56 bits per heavy atom. The van der Waals surface area contributed by atoms with Crippen LogP contribution < -0.4 is 0 Å². The van der Waals surface area contributed by atoms with Gasteiger partial charge in [0.2, 0.25) is 0 Å². The molecule has 0 unspecified atom stereocenters. The van der Waals surface area contributed by atoms with Crippen LogP contribution in [-0.2, 0) is 14.2 Å². The highest BCUT2D eigenvalue weighted by atomic mass is 16.7. The Labute approximate surface area is 99.5 Å². The lowest BCUT2D eigenvalue weighted by Crippen LogP contribution is -2.43. The molecule has 0 aromatic carbocycles. The number of rotatable bonds is 6. The van der Waals surface area contributed by atoms with E-state index >= 15 is 0 Å². The summed E-state index contributed by atoms with van der Waals surface area (Å²) in [6.45, 7) is 10.8. The van der Waals surface area contributed by atoms with E-state index in [4.69, 9.17) is 14.2 Å². The second kappa shape index (κ2) is 7.25. The van der Waals surface area contributed by atoms with E-state index < -0.39 is 0 Å². The van der Waals surface area contributed by atoms with Gasteiger partial charge in [0.25, 0.3) is 0 Å². The van der Waals surface area contributed by atoms with Crippen molar-refractivity contribution in [3.8, 4) is 0 Å². The van der Waals surface area contributed by atoms with Gasteiger partial charge < -0.3 is 14.2 Å². The zero-order valence-corrected chi connectivity index (χ0v) is 11.1. The summed E-state index contributed by atoms with van der Waals surface area (Å²) in [5.74, 6) is 0.892. The van der Waals surface area contributed by atoms with Crippen LogP contribution in [0, 0.1) is 11.8 Å². The molecule has 1 heterocycles. The number of hydrogen-bond donors (Lipinski definition) is 0. The Morgan fingerprint density at radius 2 is 2.00 bits per heavy atom. The first-order valence-electron chi connectivity index (χ1n) is 6.55. The highest BCUT2D eigenvalue weighted by Gasteiger charge is 2.35. The standard InChI is InChI=1S/C13H26O3/c1-5-14-12(10(3)4)11-8-7-9-16-13(11)15-6-2/h10-13H,5-9H2,1-4H3/t11-,12+,13-/m0/s1. The summed E-state index contributed by atoms with van der Waals surface area (Å²) >= 11 is 0. The van der Waals surface area contributed by atoms with Gasteiger partial charge in [-0.2, -0.15) is 0 Å². The van der Waals surface area contributed by atoms with Crippen LogP contribution in [0.5, 0.6) is 0 Å². The highest BCUT2D eigenvalue weighted by molar-refractivity contribution is 4.79. The lowest BCUT2D eigenvalue weighted by Gasteiger charge is -2.38. The Bertz CT molecular complexity index is 180. The second-order valence-electron chi connectivity index (χ2n) is 4.66. The van der Waals surface area contributed by atoms with E-state index in [1.54, 1.807) is 0 Å². The van der Waals surface area contributed by atoms with Crippen molar-refractivity contribution in [1.82, 2.24) is 0 Å². The van der Waals surface area contributed by atoms with Crippen molar-refractivity contribution < 1.29 is 14.2 Å². The molecule has 0 spiro atoms. The van der Waals surface area contributed by atoms with Crippen molar-refractivity contribution in [2.24, 2.45) is 11.8 Å². The Morgan fingerprint density at radius 1 is 1.25 bits per heavy atom. The van der Waals surface area contributed by atoms with Gasteiger partial charge in [0, 0.05) is 25.7 Å². The third-order valence-electron chi connectivity index (χ3n) is 3.08. The van der Waals surface area contributed by atoms with Crippen LogP contribution in [0.3, 0.4) is 0 Å². The molecule has 0 N–H and O–H groups in total. The molecule has 0 aliphatic carbocycles. The smallest absolute Gasteiger partial charge is 0.162 e. The molecular weight excluding hydrogens is 204 g/mol. The number of ether oxygens (including phenoxy) is 3. The van der Waals surface area contributed by atoms with E-state index in [1.165, 1.54) is 0 Å². The average molecular weight is 230 g/mol. The maximum atomic E-state index is 5.86. The van der Waals surface area contributed by atoms with E-state index in [2.05, 4.69) is 20.8 Å². The van der Waals surface area contributed by atoms with Crippen molar-refractivity contribution >= 4 is 0 Å². The van der Waals surface area contributed by atoms with Crippen LogP contribution in [0.4, 0.5) is 0 Å². The Kier molecular flexibility index (Phi) is 6.32. The molecule has 3 heteroatoms. The third-order valence-corrected chi connectivity index (χ3v) is 3.08. The fourth-order valence-electron chi connectivity index (χ4n) is 2.44. The van der Waals surface area contributed by atoms with Crippen LogP contribution in [0.2, 0.25) is 0 Å². The molecule has 96 valence electrons. The van der Waals surface area contributed by atoms with Crippen LogP contribution in [0.15, 0.2) is 0 Å². The lowest BCUT2D eigenvalue weighted by molar-refractivity contribution is -0.219. The zero-order valence-electron chi connectivity index (χ0n) is 11.1. The molecule has 16 heavy (non-hydrogen) atoms. The monoisotopic (exact) mass is 230 g/mol. The molecular formula is C13H26O3. The van der Waals surface area contributed by atoms with Crippen molar-refractivity contribution in [2.75, 3.05) is 19.8 Å². The molecule has 3 atom stereocenters. The van der Waals surface area contributed by atoms with Crippen LogP contribution in [-0.4, -0.2) is 32.2 Å². The van der Waals surface area contributed by atoms with Gasteiger partial charge in [0.15, 0.2) is 6.29 Å². The van der Waals surface area contributed by atoms with Gasteiger partial charge >= 0.3 is 0 Å². The van der Waals surface area contributed by atoms with E-state index in [-0.39, 0.29) is 12.4 Å². The van der Waals surface area contributed by atoms with Gasteiger partial charge in [-0.05, 0) is 32.6 Å². The summed E-state index contributed by atoms with van der Waals surface area (Å²) in [7, 11) is 0. The molecule has 3 nitrogen and oxygen atoms in total. The van der Waals surface area contributed by atoms with Crippen LogP contribution in [0.25, 0.3) is 0 Å². The minimum Gasteiger partial charge on any atom is -0.378 e. The summed E-state index contributed by atoms with van der Waals surface area (Å²) in [5.41, 5.74) is 0. The van der Waals surface area contributed by atoms with Gasteiger partial charge in [-0.3, -0.25) is 0 Å². The molecule has 1 fully saturated rings. The second-order valence-corrected chi connectivity index (χ2v) is 4.66. The number of hydrogen-bond acceptors (Lipinski definition) is 3. The predicted molar refractivity (Wildman–Crippen MR) is 64.3 cm³/mol. The largest absolute Gasteiger partial charge is 0.378 e. The Hall–Kier alpha value is -0.120. The first-order valence-corrected chi connectivity index (χ1v) is 6.55. The quantitative estimate of drug-likeness (QED) is 0.702. The molecule has 1 aliphatic rings. The van der Waals surface area contributed by atoms with E-state index in [9.17, 15) is 0 Å². The van der Waals surface area contributed by atoms with Gasteiger partial charge in [0.1, 0.15) is 0 Å². The summed E-state index contributed by atoms with van der Waals surface area (Å²) in [4.78, 5) is 0. The first kappa shape index (κ1) is 13.9. The lowest BCUT2D eigenvalue weighted by atomic mass is 9.87. The van der Waals surface area contributed by atoms with Crippen molar-refractivity contribution in [2.45, 2.75) is 52.9 Å². The van der Waals surface area contributed by atoms with Gasteiger partial charge in [-0.1, -0.05) is 13.8 Å². The average Bonchev–Trinajstić information content (AvgIpc) is 2.27.